The van der Waals surface area contributed by atoms with Crippen molar-refractivity contribution in [3.8, 4) is 0 Å². The highest BCUT2D eigenvalue weighted by Gasteiger charge is 2.41. The maximum atomic E-state index is 11.6. The first-order valence-electron chi connectivity index (χ1n) is 6.52. The third-order valence-electron chi connectivity index (χ3n) is 3.30. The van der Waals surface area contributed by atoms with E-state index in [0.29, 0.717) is 24.7 Å². The molecule has 2 heterocycles. The third-order valence-corrected chi connectivity index (χ3v) is 3.30. The molecule has 0 bridgehead atoms. The fourth-order valence-electron chi connectivity index (χ4n) is 2.35. The highest BCUT2D eigenvalue weighted by atomic mass is 16.3. The van der Waals surface area contributed by atoms with Gasteiger partial charge in [-0.15, -0.1) is 0 Å². The van der Waals surface area contributed by atoms with E-state index in [1.807, 2.05) is 18.7 Å². The normalized spacial score (nSPS) is 17.9. The molecule has 0 atom stereocenters. The van der Waals surface area contributed by atoms with Crippen LogP contribution in [0.15, 0.2) is 10.9 Å². The van der Waals surface area contributed by atoms with Gasteiger partial charge in [-0.05, 0) is 6.42 Å². The number of aromatic nitrogens is 2. The van der Waals surface area contributed by atoms with Gasteiger partial charge in [-0.3, -0.25) is 4.79 Å². The third kappa shape index (κ3) is 2.56. The topological polar surface area (TPSA) is 69.2 Å². The van der Waals surface area contributed by atoms with Gasteiger partial charge < -0.3 is 15.0 Å². The second kappa shape index (κ2) is 4.72. The quantitative estimate of drug-likeness (QED) is 0.845. The van der Waals surface area contributed by atoms with E-state index in [1.165, 1.54) is 6.07 Å². The molecular formula is C13H21N3O2. The second-order valence-electron chi connectivity index (χ2n) is 5.47. The van der Waals surface area contributed by atoms with Crippen LogP contribution in [0.2, 0.25) is 0 Å². The lowest BCUT2D eigenvalue weighted by molar-refractivity contribution is 0.00289. The number of β-amino-alcohol motifs (C(OH)–C–C–N with tert-alkyl or cyclic N) is 1. The van der Waals surface area contributed by atoms with Crippen LogP contribution < -0.4 is 10.5 Å². The number of nitrogens with zero attached hydrogens (tertiary/aromatic N) is 2. The Labute approximate surface area is 107 Å². The van der Waals surface area contributed by atoms with Crippen molar-refractivity contribution in [2.75, 3.05) is 18.0 Å². The van der Waals surface area contributed by atoms with Gasteiger partial charge in [-0.1, -0.05) is 27.2 Å². The highest BCUT2D eigenvalue weighted by Crippen LogP contribution is 2.29. The molecule has 2 N–H and O–H groups in total. The molecule has 1 saturated heterocycles. The van der Waals surface area contributed by atoms with Gasteiger partial charge in [0.15, 0.2) is 0 Å². The zero-order valence-electron chi connectivity index (χ0n) is 11.2. The fraction of sp³-hybridized carbons (Fsp3) is 0.692. The van der Waals surface area contributed by atoms with Crippen LogP contribution in [0.3, 0.4) is 0 Å². The Balaban J connectivity index is 2.14. The number of hydrogen-bond acceptors (Lipinski definition) is 4. The Bertz CT molecular complexity index is 475. The summed E-state index contributed by atoms with van der Waals surface area (Å²) in [5.74, 6) is 1.56. The average Bonchev–Trinajstić information content (AvgIpc) is 2.25. The van der Waals surface area contributed by atoms with Crippen LogP contribution in [-0.2, 0) is 0 Å². The Hall–Kier alpha value is -1.36. The lowest BCUT2D eigenvalue weighted by Crippen LogP contribution is -2.62. The number of aromatic amines is 1. The van der Waals surface area contributed by atoms with Crippen molar-refractivity contribution in [2.45, 2.75) is 45.1 Å². The summed E-state index contributed by atoms with van der Waals surface area (Å²) in [6.45, 7) is 7.17. The largest absolute Gasteiger partial charge is 0.386 e. The van der Waals surface area contributed by atoms with E-state index in [9.17, 15) is 9.90 Å². The van der Waals surface area contributed by atoms with Gasteiger partial charge in [0.2, 0.25) is 0 Å². The summed E-state index contributed by atoms with van der Waals surface area (Å²) in [5.41, 5.74) is -0.730. The fourth-order valence-corrected chi connectivity index (χ4v) is 2.35. The standard InChI is InChI=1S/C13H21N3O2/c1-4-5-13(18)7-16(8-13)10-6-11(17)15-12(14-10)9(2)3/h6,9,18H,4-5,7-8H2,1-3H3,(H,14,15,17). The van der Waals surface area contributed by atoms with Crippen LogP contribution in [-0.4, -0.2) is 33.8 Å². The summed E-state index contributed by atoms with van der Waals surface area (Å²) < 4.78 is 0. The van der Waals surface area contributed by atoms with Crippen LogP contribution >= 0.6 is 0 Å². The molecule has 0 radical (unpaired) electrons. The number of hydrogen-bond donors (Lipinski definition) is 2. The van der Waals surface area contributed by atoms with Gasteiger partial charge in [0, 0.05) is 25.1 Å². The average molecular weight is 251 g/mol. The molecule has 5 heteroatoms. The summed E-state index contributed by atoms with van der Waals surface area (Å²) in [6, 6.07) is 1.50. The molecule has 2 rings (SSSR count). The predicted molar refractivity (Wildman–Crippen MR) is 71.0 cm³/mol. The number of anilines is 1. The molecule has 0 spiro atoms. The van der Waals surface area contributed by atoms with Crippen molar-refractivity contribution in [3.63, 3.8) is 0 Å². The van der Waals surface area contributed by atoms with Crippen LogP contribution in [0.1, 0.15) is 45.4 Å². The Morgan fingerprint density at radius 2 is 2.22 bits per heavy atom. The first-order chi connectivity index (χ1) is 8.43. The SMILES string of the molecule is CCCC1(O)CN(c2cc(=O)[nH]c(C(C)C)n2)C1. The molecular weight excluding hydrogens is 230 g/mol. The summed E-state index contributed by atoms with van der Waals surface area (Å²) in [5, 5.41) is 10.1. The van der Waals surface area contributed by atoms with Crippen molar-refractivity contribution in [1.29, 1.82) is 0 Å². The molecule has 0 unspecified atom stereocenters. The Morgan fingerprint density at radius 3 is 2.78 bits per heavy atom. The molecule has 1 aliphatic heterocycles. The summed E-state index contributed by atoms with van der Waals surface area (Å²) in [4.78, 5) is 20.7. The highest BCUT2D eigenvalue weighted by molar-refractivity contribution is 5.43. The van der Waals surface area contributed by atoms with Crippen molar-refractivity contribution < 1.29 is 5.11 Å². The molecule has 18 heavy (non-hydrogen) atoms. The monoisotopic (exact) mass is 251 g/mol. The van der Waals surface area contributed by atoms with Gasteiger partial charge >= 0.3 is 0 Å². The molecule has 0 saturated carbocycles. The lowest BCUT2D eigenvalue weighted by Gasteiger charge is -2.47. The van der Waals surface area contributed by atoms with Gasteiger partial charge in [-0.25, -0.2) is 4.98 Å². The summed E-state index contributed by atoms with van der Waals surface area (Å²) in [7, 11) is 0. The molecule has 1 aliphatic rings. The Kier molecular flexibility index (Phi) is 3.43. The van der Waals surface area contributed by atoms with Crippen LogP contribution in [0, 0.1) is 0 Å². The van der Waals surface area contributed by atoms with Gasteiger partial charge in [0.25, 0.3) is 5.56 Å². The predicted octanol–water partition coefficient (Wildman–Crippen LogP) is 1.24. The van der Waals surface area contributed by atoms with Crippen LogP contribution in [0.25, 0.3) is 0 Å². The molecule has 0 amide bonds. The van der Waals surface area contributed by atoms with E-state index in [1.54, 1.807) is 0 Å². The molecule has 5 nitrogen and oxygen atoms in total. The van der Waals surface area contributed by atoms with Crippen molar-refractivity contribution in [1.82, 2.24) is 9.97 Å². The van der Waals surface area contributed by atoms with E-state index in [-0.39, 0.29) is 11.5 Å². The Morgan fingerprint density at radius 1 is 1.56 bits per heavy atom. The summed E-state index contributed by atoms with van der Waals surface area (Å²) in [6.07, 6.45) is 1.76. The maximum absolute atomic E-state index is 11.6. The number of H-pyrrole nitrogens is 1. The van der Waals surface area contributed by atoms with Crippen molar-refractivity contribution in [2.24, 2.45) is 0 Å². The van der Waals surface area contributed by atoms with Crippen molar-refractivity contribution >= 4 is 5.82 Å². The molecule has 1 aromatic rings. The van der Waals surface area contributed by atoms with Crippen LogP contribution in [0.4, 0.5) is 5.82 Å². The second-order valence-corrected chi connectivity index (χ2v) is 5.47. The van der Waals surface area contributed by atoms with Gasteiger partial charge in [0.05, 0.1) is 5.60 Å². The van der Waals surface area contributed by atoms with E-state index in [0.717, 1.165) is 12.8 Å². The molecule has 100 valence electrons. The molecule has 1 aromatic heterocycles. The molecule has 1 fully saturated rings. The smallest absolute Gasteiger partial charge is 0.252 e. The minimum absolute atomic E-state index is 0.130. The lowest BCUT2D eigenvalue weighted by atomic mass is 9.89. The number of rotatable bonds is 4. The van der Waals surface area contributed by atoms with Crippen molar-refractivity contribution in [3.05, 3.63) is 22.2 Å². The summed E-state index contributed by atoms with van der Waals surface area (Å²) >= 11 is 0. The minimum atomic E-state index is -0.600. The minimum Gasteiger partial charge on any atom is -0.386 e. The zero-order chi connectivity index (χ0) is 13.3. The van der Waals surface area contributed by atoms with E-state index >= 15 is 0 Å². The van der Waals surface area contributed by atoms with E-state index < -0.39 is 5.60 Å². The van der Waals surface area contributed by atoms with Gasteiger partial charge in [0.1, 0.15) is 11.6 Å². The number of aliphatic hydroxyl groups is 1. The van der Waals surface area contributed by atoms with Gasteiger partial charge in [-0.2, -0.15) is 0 Å². The van der Waals surface area contributed by atoms with E-state index in [2.05, 4.69) is 16.9 Å². The first kappa shape index (κ1) is 13.1. The first-order valence-corrected chi connectivity index (χ1v) is 6.52. The van der Waals surface area contributed by atoms with Crippen LogP contribution in [0.5, 0.6) is 0 Å². The van der Waals surface area contributed by atoms with E-state index in [4.69, 9.17) is 0 Å². The molecule has 0 aliphatic carbocycles. The maximum Gasteiger partial charge on any atom is 0.252 e. The number of nitrogens with one attached hydrogen (secondary N) is 1. The molecule has 0 aromatic carbocycles. The zero-order valence-corrected chi connectivity index (χ0v) is 11.2.